The maximum Gasteiger partial charge on any atom is 0.253 e. The molecule has 1 aliphatic rings. The fraction of sp³-hybridized carbons (Fsp3) is 0.600. The van der Waals surface area contributed by atoms with Crippen molar-refractivity contribution in [3.63, 3.8) is 0 Å². The molecule has 0 aromatic heterocycles. The van der Waals surface area contributed by atoms with Gasteiger partial charge in [-0.3, -0.25) is 9.59 Å². The van der Waals surface area contributed by atoms with Gasteiger partial charge >= 0.3 is 0 Å². The smallest absolute Gasteiger partial charge is 0.253 e. The van der Waals surface area contributed by atoms with E-state index in [1.165, 1.54) is 19.3 Å². The van der Waals surface area contributed by atoms with Crippen LogP contribution in [0.15, 0.2) is 24.3 Å². The molecule has 5 heteroatoms. The Kier molecular flexibility index (Phi) is 7.44. The lowest BCUT2D eigenvalue weighted by Gasteiger charge is -2.28. The number of amides is 2. The van der Waals surface area contributed by atoms with Gasteiger partial charge in [0.2, 0.25) is 0 Å². The number of carbonyl (C=O) groups is 2. The van der Waals surface area contributed by atoms with Crippen LogP contribution in [0.1, 0.15) is 60.2 Å². The first-order valence-corrected chi connectivity index (χ1v) is 9.28. The van der Waals surface area contributed by atoms with Gasteiger partial charge in [0.1, 0.15) is 0 Å². The summed E-state index contributed by atoms with van der Waals surface area (Å²) in [5, 5.41) is 2.87. The van der Waals surface area contributed by atoms with Crippen LogP contribution in [0.25, 0.3) is 0 Å². The molecular weight excluding hydrogens is 316 g/mol. The van der Waals surface area contributed by atoms with Crippen LogP contribution in [-0.4, -0.2) is 49.6 Å². The normalized spacial score (nSPS) is 20.1. The largest absolute Gasteiger partial charge is 0.376 e. The number of ether oxygens (including phenoxy) is 1. The van der Waals surface area contributed by atoms with Crippen LogP contribution in [-0.2, 0) is 4.74 Å². The SMILES string of the molecule is CCN(C)C(=O)c1cccc(C(=O)NCCO[C@@H]2CCCC[C@H]2C)c1. The quantitative estimate of drug-likeness (QED) is 0.772. The third kappa shape index (κ3) is 5.56. The molecule has 1 aromatic carbocycles. The number of hydrogen-bond acceptors (Lipinski definition) is 3. The Balaban J connectivity index is 1.81. The van der Waals surface area contributed by atoms with Crippen molar-refractivity contribution < 1.29 is 14.3 Å². The molecule has 1 saturated carbocycles. The Bertz CT molecular complexity index is 588. The highest BCUT2D eigenvalue weighted by molar-refractivity contribution is 5.99. The number of nitrogens with one attached hydrogen (secondary N) is 1. The average Bonchev–Trinajstić information content (AvgIpc) is 2.65. The Labute approximate surface area is 150 Å². The molecule has 1 aliphatic carbocycles. The maximum absolute atomic E-state index is 12.3. The van der Waals surface area contributed by atoms with E-state index in [2.05, 4.69) is 12.2 Å². The van der Waals surface area contributed by atoms with Crippen molar-refractivity contribution in [3.05, 3.63) is 35.4 Å². The minimum Gasteiger partial charge on any atom is -0.376 e. The molecule has 0 bridgehead atoms. The molecule has 2 amide bonds. The lowest BCUT2D eigenvalue weighted by atomic mass is 9.88. The van der Waals surface area contributed by atoms with Gasteiger partial charge in [0.25, 0.3) is 11.8 Å². The molecule has 25 heavy (non-hydrogen) atoms. The molecule has 2 rings (SSSR count). The minimum absolute atomic E-state index is 0.0771. The fourth-order valence-corrected chi connectivity index (χ4v) is 3.16. The van der Waals surface area contributed by atoms with Crippen molar-refractivity contribution in [1.82, 2.24) is 10.2 Å². The highest BCUT2D eigenvalue weighted by Gasteiger charge is 2.21. The van der Waals surface area contributed by atoms with Gasteiger partial charge in [-0.05, 0) is 43.9 Å². The van der Waals surface area contributed by atoms with Crippen LogP contribution < -0.4 is 5.32 Å². The first-order chi connectivity index (χ1) is 12.0. The predicted molar refractivity (Wildman–Crippen MR) is 98.8 cm³/mol. The molecule has 0 aliphatic heterocycles. The Morgan fingerprint density at radius 1 is 1.24 bits per heavy atom. The third-order valence-corrected chi connectivity index (χ3v) is 4.95. The summed E-state index contributed by atoms with van der Waals surface area (Å²) < 4.78 is 5.91. The molecule has 0 unspecified atom stereocenters. The number of carbonyl (C=O) groups excluding carboxylic acids is 2. The standard InChI is InChI=1S/C20H30N2O3/c1-4-22(3)20(24)17-10-7-9-16(14-17)19(23)21-12-13-25-18-11-6-5-8-15(18)2/h7,9-10,14-15,18H,4-6,8,11-13H2,1-3H3,(H,21,23)/t15-,18-/m1/s1. The lowest BCUT2D eigenvalue weighted by molar-refractivity contribution is -0.00293. The average molecular weight is 346 g/mol. The van der Waals surface area contributed by atoms with E-state index in [9.17, 15) is 9.59 Å². The molecule has 5 nitrogen and oxygen atoms in total. The van der Waals surface area contributed by atoms with Crippen LogP contribution in [0.2, 0.25) is 0 Å². The maximum atomic E-state index is 12.3. The van der Waals surface area contributed by atoms with Crippen molar-refractivity contribution >= 4 is 11.8 Å². The van der Waals surface area contributed by atoms with E-state index in [0.717, 1.165) is 6.42 Å². The Hall–Kier alpha value is -1.88. The zero-order valence-electron chi connectivity index (χ0n) is 15.6. The molecule has 0 saturated heterocycles. The monoisotopic (exact) mass is 346 g/mol. The van der Waals surface area contributed by atoms with E-state index >= 15 is 0 Å². The minimum atomic E-state index is -0.172. The van der Waals surface area contributed by atoms with Crippen LogP contribution in [0, 0.1) is 5.92 Å². The summed E-state index contributed by atoms with van der Waals surface area (Å²) in [4.78, 5) is 26.1. The van der Waals surface area contributed by atoms with Crippen molar-refractivity contribution in [2.24, 2.45) is 5.92 Å². The molecule has 1 N–H and O–H groups in total. The van der Waals surface area contributed by atoms with Crippen molar-refractivity contribution in [2.75, 3.05) is 26.7 Å². The topological polar surface area (TPSA) is 58.6 Å². The summed E-state index contributed by atoms with van der Waals surface area (Å²) in [7, 11) is 1.75. The number of benzene rings is 1. The second-order valence-electron chi connectivity index (χ2n) is 6.83. The third-order valence-electron chi connectivity index (χ3n) is 4.95. The van der Waals surface area contributed by atoms with Crippen molar-refractivity contribution in [1.29, 1.82) is 0 Å². The molecule has 0 radical (unpaired) electrons. The summed E-state index contributed by atoms with van der Waals surface area (Å²) >= 11 is 0. The van der Waals surface area contributed by atoms with Crippen molar-refractivity contribution in [3.8, 4) is 0 Å². The van der Waals surface area contributed by atoms with Gasteiger partial charge in [0, 0.05) is 31.3 Å². The Morgan fingerprint density at radius 2 is 1.96 bits per heavy atom. The first kappa shape index (κ1) is 19.4. The van der Waals surface area contributed by atoms with Gasteiger partial charge in [0.05, 0.1) is 12.7 Å². The van der Waals surface area contributed by atoms with Gasteiger partial charge in [0.15, 0.2) is 0 Å². The summed E-state index contributed by atoms with van der Waals surface area (Å²) in [6.07, 6.45) is 5.18. The summed E-state index contributed by atoms with van der Waals surface area (Å²) in [6.45, 7) is 5.79. The summed E-state index contributed by atoms with van der Waals surface area (Å²) in [5.74, 6) is 0.351. The lowest BCUT2D eigenvalue weighted by Crippen LogP contribution is -2.32. The zero-order chi connectivity index (χ0) is 18.2. The second kappa shape index (κ2) is 9.56. The predicted octanol–water partition coefficient (Wildman–Crippen LogP) is 3.10. The van der Waals surface area contributed by atoms with Gasteiger partial charge in [-0.2, -0.15) is 0 Å². The van der Waals surface area contributed by atoms with E-state index in [1.54, 1.807) is 36.2 Å². The molecule has 0 heterocycles. The summed E-state index contributed by atoms with van der Waals surface area (Å²) in [5.41, 5.74) is 1.03. The van der Waals surface area contributed by atoms with Crippen molar-refractivity contribution in [2.45, 2.75) is 45.6 Å². The van der Waals surface area contributed by atoms with E-state index in [0.29, 0.717) is 42.8 Å². The van der Waals surface area contributed by atoms with Gasteiger partial charge in [-0.1, -0.05) is 25.8 Å². The summed E-state index contributed by atoms with van der Waals surface area (Å²) in [6, 6.07) is 6.85. The zero-order valence-corrected chi connectivity index (χ0v) is 15.6. The van der Waals surface area contributed by atoms with E-state index in [1.807, 2.05) is 6.92 Å². The first-order valence-electron chi connectivity index (χ1n) is 9.28. The molecule has 138 valence electrons. The molecular formula is C20H30N2O3. The van der Waals surface area contributed by atoms with E-state index < -0.39 is 0 Å². The number of hydrogen-bond donors (Lipinski definition) is 1. The highest BCUT2D eigenvalue weighted by Crippen LogP contribution is 2.25. The molecule has 2 atom stereocenters. The van der Waals surface area contributed by atoms with Crippen LogP contribution in [0.5, 0.6) is 0 Å². The van der Waals surface area contributed by atoms with Crippen LogP contribution >= 0.6 is 0 Å². The molecule has 1 fully saturated rings. The molecule has 0 spiro atoms. The fourth-order valence-electron chi connectivity index (χ4n) is 3.16. The van der Waals surface area contributed by atoms with Gasteiger partial charge < -0.3 is 15.0 Å². The van der Waals surface area contributed by atoms with E-state index in [4.69, 9.17) is 4.74 Å². The van der Waals surface area contributed by atoms with Crippen LogP contribution in [0.3, 0.4) is 0 Å². The van der Waals surface area contributed by atoms with Gasteiger partial charge in [-0.25, -0.2) is 0 Å². The van der Waals surface area contributed by atoms with Crippen LogP contribution in [0.4, 0.5) is 0 Å². The molecule has 1 aromatic rings. The second-order valence-corrected chi connectivity index (χ2v) is 6.83. The number of rotatable bonds is 7. The Morgan fingerprint density at radius 3 is 2.68 bits per heavy atom. The number of nitrogens with zero attached hydrogens (tertiary/aromatic N) is 1. The highest BCUT2D eigenvalue weighted by atomic mass is 16.5. The van der Waals surface area contributed by atoms with E-state index in [-0.39, 0.29) is 11.8 Å². The van der Waals surface area contributed by atoms with Gasteiger partial charge in [-0.15, -0.1) is 0 Å².